The van der Waals surface area contributed by atoms with Crippen LogP contribution in [0, 0.1) is 0 Å². The van der Waals surface area contributed by atoms with Crippen LogP contribution in [0.5, 0.6) is 0 Å². The Kier molecular flexibility index (Phi) is 5.99. The molecular weight excluding hydrogens is 260 g/mol. The van der Waals surface area contributed by atoms with Gasteiger partial charge in [-0.25, -0.2) is 9.59 Å². The summed E-state index contributed by atoms with van der Waals surface area (Å²) in [4.78, 5) is 25.8. The van der Waals surface area contributed by atoms with Crippen LogP contribution in [0.3, 0.4) is 0 Å². The average molecular weight is 280 g/mol. The summed E-state index contributed by atoms with van der Waals surface area (Å²) in [5, 5.41) is 18.0. The van der Waals surface area contributed by atoms with Gasteiger partial charge in [0.05, 0.1) is 6.61 Å². The fourth-order valence-corrected chi connectivity index (χ4v) is 1.72. The Morgan fingerprint density at radius 2 is 1.85 bits per heavy atom. The van der Waals surface area contributed by atoms with Crippen molar-refractivity contribution in [2.75, 3.05) is 20.2 Å². The van der Waals surface area contributed by atoms with Gasteiger partial charge in [-0.3, -0.25) is 0 Å². The Morgan fingerprint density at radius 1 is 1.25 bits per heavy atom. The highest BCUT2D eigenvalue weighted by Crippen LogP contribution is 2.08. The van der Waals surface area contributed by atoms with Crippen LogP contribution in [0.1, 0.15) is 12.5 Å². The first kappa shape index (κ1) is 16.0. The average Bonchev–Trinajstić information content (AvgIpc) is 2.45. The molecule has 0 aliphatic carbocycles. The molecule has 1 unspecified atom stereocenters. The van der Waals surface area contributed by atoms with Crippen LogP contribution >= 0.6 is 0 Å². The number of carboxylic acid groups (broad SMARTS) is 1. The van der Waals surface area contributed by atoms with E-state index in [9.17, 15) is 9.59 Å². The molecule has 0 aliphatic rings. The fourth-order valence-electron chi connectivity index (χ4n) is 1.72. The number of aliphatic hydroxyl groups is 1. The van der Waals surface area contributed by atoms with E-state index in [2.05, 4.69) is 0 Å². The van der Waals surface area contributed by atoms with Crippen LogP contribution in [0.4, 0.5) is 4.79 Å². The summed E-state index contributed by atoms with van der Waals surface area (Å²) in [5.41, 5.74) is 0.922. The molecule has 1 aromatic rings. The quantitative estimate of drug-likeness (QED) is 0.814. The number of carboxylic acids is 1. The molecule has 0 bridgehead atoms. The third-order valence-electron chi connectivity index (χ3n) is 3.10. The van der Waals surface area contributed by atoms with Gasteiger partial charge in [-0.2, -0.15) is 0 Å². The summed E-state index contributed by atoms with van der Waals surface area (Å²) in [6.45, 7) is 1.76. The molecule has 2 N–H and O–H groups in total. The highest BCUT2D eigenvalue weighted by Gasteiger charge is 2.25. The first-order valence-corrected chi connectivity index (χ1v) is 6.36. The van der Waals surface area contributed by atoms with Crippen molar-refractivity contribution in [2.45, 2.75) is 19.5 Å². The Bertz CT molecular complexity index is 450. The maximum Gasteiger partial charge on any atom is 0.326 e. The first-order valence-electron chi connectivity index (χ1n) is 6.36. The molecule has 110 valence electrons. The van der Waals surface area contributed by atoms with E-state index in [1.54, 1.807) is 0 Å². The van der Waals surface area contributed by atoms with Crippen molar-refractivity contribution in [1.29, 1.82) is 0 Å². The molecule has 0 fully saturated rings. The lowest BCUT2D eigenvalue weighted by atomic mass is 10.2. The van der Waals surface area contributed by atoms with Gasteiger partial charge in [0.2, 0.25) is 0 Å². The van der Waals surface area contributed by atoms with Crippen molar-refractivity contribution < 1.29 is 19.8 Å². The number of aliphatic hydroxyl groups excluding tert-OH is 1. The minimum Gasteiger partial charge on any atom is -0.480 e. The largest absolute Gasteiger partial charge is 0.480 e. The van der Waals surface area contributed by atoms with Crippen molar-refractivity contribution >= 4 is 12.0 Å². The third-order valence-corrected chi connectivity index (χ3v) is 3.10. The van der Waals surface area contributed by atoms with E-state index >= 15 is 0 Å². The zero-order valence-corrected chi connectivity index (χ0v) is 11.7. The minimum atomic E-state index is -1.07. The number of carbonyl (C=O) groups excluding carboxylic acids is 1. The summed E-state index contributed by atoms with van der Waals surface area (Å²) in [6.07, 6.45) is 0. The lowest BCUT2D eigenvalue weighted by Gasteiger charge is -2.30. The number of amides is 2. The number of hydrogen-bond acceptors (Lipinski definition) is 3. The Balaban J connectivity index is 2.79. The van der Waals surface area contributed by atoms with E-state index in [0.717, 1.165) is 10.5 Å². The van der Waals surface area contributed by atoms with Crippen molar-refractivity contribution in [2.24, 2.45) is 0 Å². The molecule has 1 rings (SSSR count). The van der Waals surface area contributed by atoms with Gasteiger partial charge < -0.3 is 20.0 Å². The Morgan fingerprint density at radius 3 is 2.35 bits per heavy atom. The van der Waals surface area contributed by atoms with Gasteiger partial charge >= 0.3 is 12.0 Å². The summed E-state index contributed by atoms with van der Waals surface area (Å²) < 4.78 is 0. The van der Waals surface area contributed by atoms with Crippen LogP contribution < -0.4 is 0 Å². The molecule has 0 saturated heterocycles. The van der Waals surface area contributed by atoms with Gasteiger partial charge in [-0.1, -0.05) is 30.3 Å². The van der Waals surface area contributed by atoms with Crippen molar-refractivity contribution in [3.63, 3.8) is 0 Å². The van der Waals surface area contributed by atoms with Crippen LogP contribution in [0.25, 0.3) is 0 Å². The van der Waals surface area contributed by atoms with Gasteiger partial charge in [0, 0.05) is 20.1 Å². The van der Waals surface area contributed by atoms with Gasteiger partial charge in [0.25, 0.3) is 0 Å². The van der Waals surface area contributed by atoms with E-state index in [0.29, 0.717) is 6.54 Å². The van der Waals surface area contributed by atoms with Crippen LogP contribution in [-0.2, 0) is 11.3 Å². The summed E-state index contributed by atoms with van der Waals surface area (Å²) in [6, 6.07) is 8.01. The fraction of sp³-hybridized carbons (Fsp3) is 0.429. The first-order chi connectivity index (χ1) is 9.47. The molecule has 2 amide bonds. The third kappa shape index (κ3) is 4.24. The molecule has 1 atom stereocenters. The normalized spacial score (nSPS) is 11.8. The van der Waals surface area contributed by atoms with Crippen molar-refractivity contribution in [1.82, 2.24) is 9.80 Å². The molecule has 1 aromatic carbocycles. The van der Waals surface area contributed by atoms with Crippen LogP contribution in [0.2, 0.25) is 0 Å². The van der Waals surface area contributed by atoms with Gasteiger partial charge in [0.15, 0.2) is 0 Å². The topological polar surface area (TPSA) is 81.1 Å². The molecule has 6 nitrogen and oxygen atoms in total. The minimum absolute atomic E-state index is 0.157. The van der Waals surface area contributed by atoms with E-state index in [1.165, 1.54) is 18.9 Å². The highest BCUT2D eigenvalue weighted by atomic mass is 16.4. The molecule has 0 aromatic heterocycles. The van der Waals surface area contributed by atoms with Gasteiger partial charge in [-0.15, -0.1) is 0 Å². The number of hydrogen-bond donors (Lipinski definition) is 2. The van der Waals surface area contributed by atoms with Crippen molar-refractivity contribution in [3.05, 3.63) is 35.9 Å². The zero-order valence-electron chi connectivity index (χ0n) is 11.7. The smallest absolute Gasteiger partial charge is 0.326 e. The second kappa shape index (κ2) is 7.49. The van der Waals surface area contributed by atoms with E-state index in [4.69, 9.17) is 10.2 Å². The second-order valence-electron chi connectivity index (χ2n) is 4.54. The maximum atomic E-state index is 12.3. The number of likely N-dealkylation sites (N-methyl/N-ethyl adjacent to an activating group) is 1. The lowest BCUT2D eigenvalue weighted by Crippen LogP contribution is -2.48. The molecular formula is C14H20N2O4. The lowest BCUT2D eigenvalue weighted by molar-refractivity contribution is -0.141. The Labute approximate surface area is 118 Å². The predicted molar refractivity (Wildman–Crippen MR) is 74.2 cm³/mol. The van der Waals surface area contributed by atoms with Crippen LogP contribution in [-0.4, -0.2) is 58.3 Å². The number of carbonyl (C=O) groups is 2. The van der Waals surface area contributed by atoms with E-state index in [1.807, 2.05) is 30.3 Å². The SMILES string of the molecule is CC(C(=O)O)N(C)C(=O)N(CCO)Cc1ccccc1. The second-order valence-corrected chi connectivity index (χ2v) is 4.54. The molecule has 0 spiro atoms. The summed E-state index contributed by atoms with van der Waals surface area (Å²) in [5.74, 6) is -1.07. The number of aliphatic carboxylic acids is 1. The molecule has 6 heteroatoms. The molecule has 0 saturated carbocycles. The number of urea groups is 1. The molecule has 0 heterocycles. The van der Waals surface area contributed by atoms with Gasteiger partial charge in [-0.05, 0) is 12.5 Å². The number of nitrogens with zero attached hydrogens (tertiary/aromatic N) is 2. The van der Waals surface area contributed by atoms with Crippen molar-refractivity contribution in [3.8, 4) is 0 Å². The van der Waals surface area contributed by atoms with Gasteiger partial charge in [0.1, 0.15) is 6.04 Å². The number of rotatable bonds is 6. The predicted octanol–water partition coefficient (Wildman–Crippen LogP) is 1.01. The summed E-state index contributed by atoms with van der Waals surface area (Å²) in [7, 11) is 1.44. The van der Waals surface area contributed by atoms with E-state index in [-0.39, 0.29) is 13.2 Å². The summed E-state index contributed by atoms with van der Waals surface area (Å²) >= 11 is 0. The molecule has 0 aliphatic heterocycles. The van der Waals surface area contributed by atoms with Crippen LogP contribution in [0.15, 0.2) is 30.3 Å². The standard InChI is InChI=1S/C14H20N2O4/c1-11(13(18)19)15(2)14(20)16(8-9-17)10-12-6-4-3-5-7-12/h3-7,11,17H,8-10H2,1-2H3,(H,18,19). The molecule has 20 heavy (non-hydrogen) atoms. The number of benzene rings is 1. The maximum absolute atomic E-state index is 12.3. The van der Waals surface area contributed by atoms with E-state index < -0.39 is 18.0 Å². The Hall–Kier alpha value is -2.08. The monoisotopic (exact) mass is 280 g/mol. The zero-order chi connectivity index (χ0) is 15.1. The highest BCUT2D eigenvalue weighted by molar-refractivity contribution is 5.82. The molecule has 0 radical (unpaired) electrons.